The Hall–Kier alpha value is -0.120. The molecule has 0 aliphatic carbocycles. The van der Waals surface area contributed by atoms with E-state index in [9.17, 15) is 5.11 Å². The van der Waals surface area contributed by atoms with Crippen LogP contribution in [-0.4, -0.2) is 49.5 Å². The molecule has 0 saturated carbocycles. The lowest BCUT2D eigenvalue weighted by Gasteiger charge is -2.52. The molecule has 1 atom stereocenters. The Kier molecular flexibility index (Phi) is 4.35. The average Bonchev–Trinajstić information content (AvgIpc) is 2.16. The first-order valence-corrected chi connectivity index (χ1v) is 5.55. The Bertz CT molecular complexity index is 161. The summed E-state index contributed by atoms with van der Waals surface area (Å²) in [6.45, 7) is 7.59. The van der Waals surface area contributed by atoms with Crippen molar-refractivity contribution in [2.24, 2.45) is 5.41 Å². The molecular formula is C11H23NO2. The van der Waals surface area contributed by atoms with Crippen molar-refractivity contribution in [3.8, 4) is 0 Å². The first kappa shape index (κ1) is 12.0. The van der Waals surface area contributed by atoms with Crippen molar-refractivity contribution in [3.05, 3.63) is 0 Å². The number of ether oxygens (including phenoxy) is 1. The molecule has 14 heavy (non-hydrogen) atoms. The van der Waals surface area contributed by atoms with E-state index in [1.54, 1.807) is 7.11 Å². The van der Waals surface area contributed by atoms with Gasteiger partial charge in [-0.2, -0.15) is 0 Å². The molecule has 3 heteroatoms. The van der Waals surface area contributed by atoms with Crippen LogP contribution in [0.1, 0.15) is 26.7 Å². The van der Waals surface area contributed by atoms with Crippen LogP contribution < -0.4 is 0 Å². The molecular weight excluding hydrogens is 178 g/mol. The van der Waals surface area contributed by atoms with Gasteiger partial charge in [-0.15, -0.1) is 0 Å². The summed E-state index contributed by atoms with van der Waals surface area (Å²) in [6, 6.07) is 0.200. The van der Waals surface area contributed by atoms with Crippen LogP contribution in [0, 0.1) is 5.41 Å². The SMILES string of the molecule is CCC1(CC)CN(C(CO)COC)C1. The maximum atomic E-state index is 9.19. The zero-order valence-corrected chi connectivity index (χ0v) is 9.62. The minimum Gasteiger partial charge on any atom is -0.395 e. The summed E-state index contributed by atoms with van der Waals surface area (Å²) in [6.07, 6.45) is 2.48. The summed E-state index contributed by atoms with van der Waals surface area (Å²) in [7, 11) is 1.69. The molecule has 0 aromatic carbocycles. The topological polar surface area (TPSA) is 32.7 Å². The second-order valence-corrected chi connectivity index (χ2v) is 4.40. The number of aliphatic hydroxyl groups excluding tert-OH is 1. The normalized spacial score (nSPS) is 23.1. The average molecular weight is 201 g/mol. The zero-order chi connectivity index (χ0) is 10.6. The molecule has 1 heterocycles. The molecule has 1 fully saturated rings. The highest BCUT2D eigenvalue weighted by atomic mass is 16.5. The first-order valence-electron chi connectivity index (χ1n) is 5.55. The van der Waals surface area contributed by atoms with E-state index in [0.29, 0.717) is 12.0 Å². The molecule has 1 rings (SSSR count). The van der Waals surface area contributed by atoms with Crippen LogP contribution in [0.3, 0.4) is 0 Å². The van der Waals surface area contributed by atoms with Crippen LogP contribution in [0.2, 0.25) is 0 Å². The number of likely N-dealkylation sites (tertiary alicyclic amines) is 1. The standard InChI is InChI=1S/C11H23NO2/c1-4-11(5-2)8-12(9-11)10(6-13)7-14-3/h10,13H,4-9H2,1-3H3. The Morgan fingerprint density at radius 2 is 1.93 bits per heavy atom. The number of hydrogen-bond acceptors (Lipinski definition) is 3. The largest absolute Gasteiger partial charge is 0.395 e. The molecule has 1 unspecified atom stereocenters. The molecule has 1 aliphatic rings. The molecule has 84 valence electrons. The van der Waals surface area contributed by atoms with Crippen molar-refractivity contribution in [2.45, 2.75) is 32.7 Å². The van der Waals surface area contributed by atoms with E-state index in [1.165, 1.54) is 12.8 Å². The predicted octanol–water partition coefficient (Wildman–Crippen LogP) is 1.12. The second-order valence-electron chi connectivity index (χ2n) is 4.40. The third-order valence-electron chi connectivity index (χ3n) is 3.66. The highest BCUT2D eigenvalue weighted by Crippen LogP contribution is 2.37. The van der Waals surface area contributed by atoms with Gasteiger partial charge in [0.2, 0.25) is 0 Å². The Labute approximate surface area is 87.1 Å². The quantitative estimate of drug-likeness (QED) is 0.699. The van der Waals surface area contributed by atoms with Gasteiger partial charge in [0.05, 0.1) is 19.3 Å². The van der Waals surface area contributed by atoms with Crippen molar-refractivity contribution in [2.75, 3.05) is 33.4 Å². The van der Waals surface area contributed by atoms with Crippen molar-refractivity contribution < 1.29 is 9.84 Å². The lowest BCUT2D eigenvalue weighted by molar-refractivity contribution is -0.0696. The first-order chi connectivity index (χ1) is 6.71. The van der Waals surface area contributed by atoms with Crippen LogP contribution in [-0.2, 0) is 4.74 Å². The molecule has 1 N–H and O–H groups in total. The lowest BCUT2D eigenvalue weighted by atomic mass is 9.74. The molecule has 1 aliphatic heterocycles. The van der Waals surface area contributed by atoms with Crippen molar-refractivity contribution in [3.63, 3.8) is 0 Å². The molecule has 0 amide bonds. The Morgan fingerprint density at radius 1 is 1.36 bits per heavy atom. The van der Waals surface area contributed by atoms with E-state index in [1.807, 2.05) is 0 Å². The minimum atomic E-state index is 0.200. The van der Waals surface area contributed by atoms with Gasteiger partial charge in [-0.25, -0.2) is 0 Å². The van der Waals surface area contributed by atoms with Crippen molar-refractivity contribution in [1.29, 1.82) is 0 Å². The van der Waals surface area contributed by atoms with Crippen molar-refractivity contribution >= 4 is 0 Å². The van der Waals surface area contributed by atoms with Crippen LogP contribution in [0.15, 0.2) is 0 Å². The summed E-state index contributed by atoms with van der Waals surface area (Å²) in [4.78, 5) is 2.33. The highest BCUT2D eigenvalue weighted by molar-refractivity contribution is 4.95. The molecule has 0 aromatic heterocycles. The zero-order valence-electron chi connectivity index (χ0n) is 9.62. The molecule has 1 saturated heterocycles. The fraction of sp³-hybridized carbons (Fsp3) is 1.00. The van der Waals surface area contributed by atoms with Gasteiger partial charge in [0.15, 0.2) is 0 Å². The molecule has 0 spiro atoms. The summed E-state index contributed by atoms with van der Waals surface area (Å²) >= 11 is 0. The number of aliphatic hydroxyl groups is 1. The Morgan fingerprint density at radius 3 is 2.29 bits per heavy atom. The van der Waals surface area contributed by atoms with Crippen LogP contribution >= 0.6 is 0 Å². The van der Waals surface area contributed by atoms with Gasteiger partial charge in [-0.05, 0) is 18.3 Å². The lowest BCUT2D eigenvalue weighted by Crippen LogP contribution is -2.61. The van der Waals surface area contributed by atoms with Gasteiger partial charge in [0, 0.05) is 20.2 Å². The van der Waals surface area contributed by atoms with Gasteiger partial charge < -0.3 is 9.84 Å². The summed E-state index contributed by atoms with van der Waals surface area (Å²) in [5, 5.41) is 9.19. The van der Waals surface area contributed by atoms with Crippen molar-refractivity contribution in [1.82, 2.24) is 4.90 Å². The number of rotatable bonds is 6. The van der Waals surface area contributed by atoms with Gasteiger partial charge in [0.1, 0.15) is 0 Å². The monoisotopic (exact) mass is 201 g/mol. The highest BCUT2D eigenvalue weighted by Gasteiger charge is 2.42. The predicted molar refractivity (Wildman–Crippen MR) is 57.3 cm³/mol. The molecule has 0 radical (unpaired) electrons. The van der Waals surface area contributed by atoms with E-state index in [-0.39, 0.29) is 12.6 Å². The van der Waals surface area contributed by atoms with Gasteiger partial charge in [0.25, 0.3) is 0 Å². The molecule has 3 nitrogen and oxygen atoms in total. The summed E-state index contributed by atoms with van der Waals surface area (Å²) < 4.78 is 5.09. The second kappa shape index (κ2) is 5.10. The number of nitrogens with zero attached hydrogens (tertiary/aromatic N) is 1. The van der Waals surface area contributed by atoms with Crippen LogP contribution in [0.5, 0.6) is 0 Å². The number of hydrogen-bond donors (Lipinski definition) is 1. The van der Waals surface area contributed by atoms with Crippen LogP contribution in [0.25, 0.3) is 0 Å². The van der Waals surface area contributed by atoms with Gasteiger partial charge in [-0.1, -0.05) is 13.8 Å². The van der Waals surface area contributed by atoms with E-state index < -0.39 is 0 Å². The summed E-state index contributed by atoms with van der Waals surface area (Å²) in [5.74, 6) is 0. The van der Waals surface area contributed by atoms with E-state index in [0.717, 1.165) is 13.1 Å². The fourth-order valence-corrected chi connectivity index (χ4v) is 2.24. The van der Waals surface area contributed by atoms with Crippen LogP contribution in [0.4, 0.5) is 0 Å². The van der Waals surface area contributed by atoms with Gasteiger partial charge in [-0.3, -0.25) is 4.90 Å². The van der Waals surface area contributed by atoms with Gasteiger partial charge >= 0.3 is 0 Å². The molecule has 0 aromatic rings. The third-order valence-corrected chi connectivity index (χ3v) is 3.66. The maximum absolute atomic E-state index is 9.19. The Balaban J connectivity index is 2.37. The smallest absolute Gasteiger partial charge is 0.0640 e. The maximum Gasteiger partial charge on any atom is 0.0640 e. The minimum absolute atomic E-state index is 0.200. The fourth-order valence-electron chi connectivity index (χ4n) is 2.24. The molecule has 0 bridgehead atoms. The number of methoxy groups -OCH3 is 1. The summed E-state index contributed by atoms with van der Waals surface area (Å²) in [5.41, 5.74) is 0.515. The van der Waals surface area contributed by atoms with E-state index in [4.69, 9.17) is 4.74 Å². The third kappa shape index (κ3) is 2.27. The van der Waals surface area contributed by atoms with E-state index in [2.05, 4.69) is 18.7 Å². The van der Waals surface area contributed by atoms with E-state index >= 15 is 0 Å².